The zero-order chi connectivity index (χ0) is 25.3. The normalized spacial score (nSPS) is 52.5. The second kappa shape index (κ2) is 11.6. The van der Waals surface area contributed by atoms with Crippen molar-refractivity contribution >= 4 is 0 Å². The molecule has 3 aliphatic heterocycles. The van der Waals surface area contributed by atoms with E-state index in [9.17, 15) is 56.2 Å². The molecule has 0 aliphatic carbocycles. The largest absolute Gasteiger partial charge is 0.394 e. The van der Waals surface area contributed by atoms with Gasteiger partial charge in [-0.3, -0.25) is 0 Å². The molecule has 0 aromatic heterocycles. The van der Waals surface area contributed by atoms with Gasteiger partial charge in [0.05, 0.1) is 19.8 Å². The topological polar surface area (TPSA) is 269 Å². The number of hydrogen-bond donors (Lipinski definition) is 11. The lowest BCUT2D eigenvalue weighted by molar-refractivity contribution is -0.363. The molecule has 0 spiro atoms. The van der Waals surface area contributed by atoms with Crippen LogP contribution in [-0.4, -0.2) is 168 Å². The van der Waals surface area contributed by atoms with Gasteiger partial charge < -0.3 is 79.9 Å². The summed E-state index contributed by atoms with van der Waals surface area (Å²) in [5.74, 6) is 0. The summed E-state index contributed by atoms with van der Waals surface area (Å²) in [4.78, 5) is 0. The van der Waals surface area contributed by atoms with E-state index in [0.717, 1.165) is 0 Å². The maximum atomic E-state index is 10.5. The highest BCUT2D eigenvalue weighted by Crippen LogP contribution is 2.30. The van der Waals surface area contributed by atoms with Gasteiger partial charge in [0.15, 0.2) is 18.9 Å². The molecule has 16 nitrogen and oxygen atoms in total. The zero-order valence-corrected chi connectivity index (χ0v) is 17.7. The third kappa shape index (κ3) is 5.52. The van der Waals surface area contributed by atoms with Crippen molar-refractivity contribution in [2.24, 2.45) is 0 Å². The third-order valence-corrected chi connectivity index (χ3v) is 6.07. The summed E-state index contributed by atoms with van der Waals surface area (Å²) in [5.41, 5.74) is 0. The first-order valence-corrected chi connectivity index (χ1v) is 10.6. The van der Waals surface area contributed by atoms with Crippen molar-refractivity contribution in [3.05, 3.63) is 0 Å². The highest BCUT2D eigenvalue weighted by atomic mass is 16.7. The Balaban J connectivity index is 1.63. The van der Waals surface area contributed by atoms with Crippen molar-refractivity contribution in [1.82, 2.24) is 0 Å². The summed E-state index contributed by atoms with van der Waals surface area (Å²) < 4.78 is 26.2. The SMILES string of the molecule is OC[C@H]1O[C@H](O[C@H]2[C@H](O)[C@@H](O)[C@H](OC[C@H]3O[C@@H](O)[C@H](O)[C@@H](O)[C@@H]3O)O[C@@H]2CO)[C@H](O)[C@@H](O)[C@@H]1O. The van der Waals surface area contributed by atoms with E-state index >= 15 is 0 Å². The summed E-state index contributed by atoms with van der Waals surface area (Å²) >= 11 is 0. The summed E-state index contributed by atoms with van der Waals surface area (Å²) in [7, 11) is 0. The van der Waals surface area contributed by atoms with Crippen LogP contribution in [0.5, 0.6) is 0 Å². The first-order valence-electron chi connectivity index (χ1n) is 10.6. The monoisotopic (exact) mass is 504 g/mol. The minimum atomic E-state index is -1.82. The van der Waals surface area contributed by atoms with Crippen LogP contribution in [0.2, 0.25) is 0 Å². The van der Waals surface area contributed by atoms with Crippen LogP contribution in [0.4, 0.5) is 0 Å². The quantitative estimate of drug-likeness (QED) is 0.154. The van der Waals surface area contributed by atoms with Gasteiger partial charge in [-0.2, -0.15) is 0 Å². The predicted molar refractivity (Wildman–Crippen MR) is 101 cm³/mol. The second-order valence-electron chi connectivity index (χ2n) is 8.37. The Morgan fingerprint density at radius 3 is 1.65 bits per heavy atom. The molecule has 3 aliphatic rings. The Morgan fingerprint density at radius 2 is 1.03 bits per heavy atom. The van der Waals surface area contributed by atoms with E-state index in [1.807, 2.05) is 0 Å². The molecule has 3 rings (SSSR count). The Labute approximate surface area is 192 Å². The van der Waals surface area contributed by atoms with Gasteiger partial charge in [0.2, 0.25) is 0 Å². The Bertz CT molecular complexity index is 637. The fourth-order valence-corrected chi connectivity index (χ4v) is 3.95. The van der Waals surface area contributed by atoms with E-state index in [-0.39, 0.29) is 0 Å². The van der Waals surface area contributed by atoms with Crippen LogP contribution in [-0.2, 0) is 23.7 Å². The summed E-state index contributed by atoms with van der Waals surface area (Å²) in [6.07, 6.45) is -24.7. The molecule has 200 valence electrons. The van der Waals surface area contributed by atoms with E-state index in [1.54, 1.807) is 0 Å². The van der Waals surface area contributed by atoms with E-state index in [1.165, 1.54) is 0 Å². The van der Waals surface area contributed by atoms with Crippen molar-refractivity contribution in [1.29, 1.82) is 0 Å². The molecule has 3 heterocycles. The van der Waals surface area contributed by atoms with Crippen LogP contribution >= 0.6 is 0 Å². The average Bonchev–Trinajstić information content (AvgIpc) is 2.83. The fraction of sp³-hybridized carbons (Fsp3) is 1.00. The van der Waals surface area contributed by atoms with E-state index in [4.69, 9.17) is 23.7 Å². The molecule has 0 aromatic carbocycles. The molecule has 11 N–H and O–H groups in total. The van der Waals surface area contributed by atoms with Gasteiger partial charge in [-0.05, 0) is 0 Å². The van der Waals surface area contributed by atoms with Gasteiger partial charge in [-0.25, -0.2) is 0 Å². The van der Waals surface area contributed by atoms with E-state index < -0.39 is 112 Å². The molecule has 3 saturated heterocycles. The lowest BCUT2D eigenvalue weighted by atomic mass is 9.97. The number of aliphatic hydroxyl groups excluding tert-OH is 11. The summed E-state index contributed by atoms with van der Waals surface area (Å²) in [6, 6.07) is 0. The van der Waals surface area contributed by atoms with Crippen molar-refractivity contribution in [2.45, 2.75) is 92.1 Å². The highest BCUT2D eigenvalue weighted by Gasteiger charge is 2.51. The molecule has 0 unspecified atom stereocenters. The molecule has 0 aromatic rings. The van der Waals surface area contributed by atoms with Gasteiger partial charge in [0, 0.05) is 0 Å². The summed E-state index contributed by atoms with van der Waals surface area (Å²) in [5, 5.41) is 109. The molecular formula is C18H32O16. The lowest BCUT2D eigenvalue weighted by Crippen LogP contribution is -2.65. The number of ether oxygens (including phenoxy) is 5. The van der Waals surface area contributed by atoms with Crippen LogP contribution in [0.15, 0.2) is 0 Å². The van der Waals surface area contributed by atoms with Crippen LogP contribution in [0.1, 0.15) is 0 Å². The first-order chi connectivity index (χ1) is 16.0. The van der Waals surface area contributed by atoms with Crippen molar-refractivity contribution in [3.8, 4) is 0 Å². The molecule has 34 heavy (non-hydrogen) atoms. The molecule has 0 radical (unpaired) electrons. The van der Waals surface area contributed by atoms with Crippen molar-refractivity contribution in [2.75, 3.05) is 19.8 Å². The lowest BCUT2D eigenvalue weighted by Gasteiger charge is -2.46. The first kappa shape index (κ1) is 27.9. The standard InChI is InChI=1S/C18H32O16/c19-1-4-7(21)10(24)13(27)18(32-4)34-15-5(2-20)33-17(14(28)11(15)25)30-3-6-8(22)9(23)12(26)16(29)31-6/h4-29H,1-3H2/t4-,5-,6-,7-,8-,9+,10+,11-,12-,13-,14-,15-,16-,17-,18-/m1/s1. The van der Waals surface area contributed by atoms with Gasteiger partial charge in [0.1, 0.15) is 73.2 Å². The van der Waals surface area contributed by atoms with E-state index in [0.29, 0.717) is 0 Å². The van der Waals surface area contributed by atoms with Gasteiger partial charge in [-0.15, -0.1) is 0 Å². The van der Waals surface area contributed by atoms with Crippen molar-refractivity contribution in [3.63, 3.8) is 0 Å². The van der Waals surface area contributed by atoms with Crippen LogP contribution in [0, 0.1) is 0 Å². The molecule has 0 saturated carbocycles. The number of aliphatic hydroxyl groups is 11. The van der Waals surface area contributed by atoms with Gasteiger partial charge in [-0.1, -0.05) is 0 Å². The third-order valence-electron chi connectivity index (χ3n) is 6.07. The Morgan fingerprint density at radius 1 is 0.500 bits per heavy atom. The Hall–Kier alpha value is -0.640. The number of hydrogen-bond acceptors (Lipinski definition) is 16. The molecule has 3 fully saturated rings. The van der Waals surface area contributed by atoms with E-state index in [2.05, 4.69) is 0 Å². The van der Waals surface area contributed by atoms with Crippen LogP contribution < -0.4 is 0 Å². The fourth-order valence-electron chi connectivity index (χ4n) is 3.95. The second-order valence-corrected chi connectivity index (χ2v) is 8.37. The molecule has 15 atom stereocenters. The molecule has 16 heteroatoms. The minimum Gasteiger partial charge on any atom is -0.394 e. The number of rotatable bonds is 7. The van der Waals surface area contributed by atoms with Crippen molar-refractivity contribution < 1.29 is 79.9 Å². The smallest absolute Gasteiger partial charge is 0.187 e. The maximum Gasteiger partial charge on any atom is 0.187 e. The van der Waals surface area contributed by atoms with Crippen LogP contribution in [0.3, 0.4) is 0 Å². The summed E-state index contributed by atoms with van der Waals surface area (Å²) in [6.45, 7) is -2.09. The molecule has 0 amide bonds. The zero-order valence-electron chi connectivity index (χ0n) is 17.7. The highest BCUT2D eigenvalue weighted by molar-refractivity contribution is 4.94. The predicted octanol–water partition coefficient (Wildman–Crippen LogP) is -7.57. The molecular weight excluding hydrogens is 472 g/mol. The van der Waals surface area contributed by atoms with Gasteiger partial charge in [0.25, 0.3) is 0 Å². The maximum absolute atomic E-state index is 10.5. The molecule has 0 bridgehead atoms. The van der Waals surface area contributed by atoms with Gasteiger partial charge >= 0.3 is 0 Å². The minimum absolute atomic E-state index is 0.577. The Kier molecular flexibility index (Phi) is 9.54. The van der Waals surface area contributed by atoms with Crippen LogP contribution in [0.25, 0.3) is 0 Å². The average molecular weight is 504 g/mol.